The van der Waals surface area contributed by atoms with E-state index in [0.29, 0.717) is 5.88 Å². The highest BCUT2D eigenvalue weighted by Crippen LogP contribution is 2.30. The average Bonchev–Trinajstić information content (AvgIpc) is 2.48. The topological polar surface area (TPSA) is 9.23 Å². The highest BCUT2D eigenvalue weighted by atomic mass is 35.5. The molecular formula is C19H23ClO. The minimum Gasteiger partial charge on any atom is -0.497 e. The molecule has 2 aromatic carbocycles. The Labute approximate surface area is 132 Å². The summed E-state index contributed by atoms with van der Waals surface area (Å²) in [6.07, 6.45) is 0. The first-order valence-electron chi connectivity index (χ1n) is 7.26. The Morgan fingerprint density at radius 2 is 1.38 bits per heavy atom. The molecule has 0 aliphatic rings. The van der Waals surface area contributed by atoms with E-state index in [0.717, 1.165) is 5.75 Å². The van der Waals surface area contributed by atoms with E-state index in [1.165, 1.54) is 16.7 Å². The van der Waals surface area contributed by atoms with Gasteiger partial charge < -0.3 is 4.74 Å². The molecule has 2 rings (SSSR count). The van der Waals surface area contributed by atoms with Crippen molar-refractivity contribution in [3.8, 4) is 5.75 Å². The maximum atomic E-state index is 6.21. The zero-order valence-electron chi connectivity index (χ0n) is 13.2. The minimum atomic E-state index is 0.176. The van der Waals surface area contributed by atoms with Crippen molar-refractivity contribution in [3.05, 3.63) is 65.2 Å². The number of hydrogen-bond donors (Lipinski definition) is 0. The fourth-order valence-electron chi connectivity index (χ4n) is 2.42. The zero-order chi connectivity index (χ0) is 15.5. The van der Waals surface area contributed by atoms with Crippen molar-refractivity contribution in [1.29, 1.82) is 0 Å². The third kappa shape index (κ3) is 3.79. The molecule has 0 radical (unpaired) electrons. The van der Waals surface area contributed by atoms with Crippen LogP contribution in [0, 0.1) is 0 Å². The van der Waals surface area contributed by atoms with Crippen LogP contribution < -0.4 is 4.74 Å². The molecule has 0 aliphatic heterocycles. The molecular weight excluding hydrogens is 280 g/mol. The Morgan fingerprint density at radius 3 is 1.76 bits per heavy atom. The maximum Gasteiger partial charge on any atom is 0.118 e. The van der Waals surface area contributed by atoms with Gasteiger partial charge in [-0.15, -0.1) is 11.6 Å². The van der Waals surface area contributed by atoms with Crippen LogP contribution in [0.1, 0.15) is 43.4 Å². The van der Waals surface area contributed by atoms with E-state index in [4.69, 9.17) is 16.3 Å². The second-order valence-electron chi connectivity index (χ2n) is 6.35. The first kappa shape index (κ1) is 15.9. The second kappa shape index (κ2) is 6.53. The van der Waals surface area contributed by atoms with Crippen LogP contribution in [0.25, 0.3) is 0 Å². The molecule has 0 aromatic heterocycles. The van der Waals surface area contributed by atoms with Crippen molar-refractivity contribution in [2.45, 2.75) is 32.1 Å². The molecule has 1 atom stereocenters. The van der Waals surface area contributed by atoms with E-state index in [2.05, 4.69) is 57.2 Å². The number of methoxy groups -OCH3 is 1. The monoisotopic (exact) mass is 302 g/mol. The van der Waals surface area contributed by atoms with Gasteiger partial charge in [-0.1, -0.05) is 57.2 Å². The van der Waals surface area contributed by atoms with E-state index in [-0.39, 0.29) is 11.3 Å². The van der Waals surface area contributed by atoms with Gasteiger partial charge in [-0.3, -0.25) is 0 Å². The van der Waals surface area contributed by atoms with Crippen LogP contribution in [0.5, 0.6) is 5.75 Å². The summed E-state index contributed by atoms with van der Waals surface area (Å²) in [7, 11) is 1.68. The fourth-order valence-corrected chi connectivity index (χ4v) is 2.78. The standard InChI is InChI=1S/C19H23ClO/c1-19(2,3)16-9-5-14(6-10-16)18(13-20)15-7-11-17(21-4)12-8-15/h5-12,18H,13H2,1-4H3. The predicted molar refractivity (Wildman–Crippen MR) is 90.7 cm³/mol. The molecule has 21 heavy (non-hydrogen) atoms. The van der Waals surface area contributed by atoms with Gasteiger partial charge in [-0.05, 0) is 34.2 Å². The van der Waals surface area contributed by atoms with Gasteiger partial charge in [-0.2, -0.15) is 0 Å². The van der Waals surface area contributed by atoms with E-state index in [9.17, 15) is 0 Å². The van der Waals surface area contributed by atoms with Crippen LogP contribution in [0.2, 0.25) is 0 Å². The number of halogens is 1. The number of ether oxygens (including phenoxy) is 1. The quantitative estimate of drug-likeness (QED) is 0.691. The van der Waals surface area contributed by atoms with E-state index in [1.807, 2.05) is 12.1 Å². The van der Waals surface area contributed by atoms with Gasteiger partial charge in [-0.25, -0.2) is 0 Å². The smallest absolute Gasteiger partial charge is 0.118 e. The van der Waals surface area contributed by atoms with E-state index < -0.39 is 0 Å². The maximum absolute atomic E-state index is 6.21. The summed E-state index contributed by atoms with van der Waals surface area (Å²) in [5.74, 6) is 1.66. The van der Waals surface area contributed by atoms with Crippen LogP contribution >= 0.6 is 11.6 Å². The number of hydrogen-bond acceptors (Lipinski definition) is 1. The van der Waals surface area contributed by atoms with Gasteiger partial charge in [0.2, 0.25) is 0 Å². The summed E-state index contributed by atoms with van der Waals surface area (Å²) in [5.41, 5.74) is 3.99. The highest BCUT2D eigenvalue weighted by molar-refractivity contribution is 6.18. The molecule has 112 valence electrons. The van der Waals surface area contributed by atoms with Crippen LogP contribution in [-0.4, -0.2) is 13.0 Å². The predicted octanol–water partition coefficient (Wildman–Crippen LogP) is 5.36. The minimum absolute atomic E-state index is 0.176. The van der Waals surface area contributed by atoms with Gasteiger partial charge in [0.15, 0.2) is 0 Å². The van der Waals surface area contributed by atoms with Crippen molar-refractivity contribution in [2.24, 2.45) is 0 Å². The normalized spacial score (nSPS) is 13.0. The summed E-state index contributed by atoms with van der Waals surface area (Å²) >= 11 is 6.21. The van der Waals surface area contributed by atoms with Crippen molar-refractivity contribution >= 4 is 11.6 Å². The average molecular weight is 303 g/mol. The molecule has 2 heteroatoms. The summed E-state index contributed by atoms with van der Waals surface area (Å²) < 4.78 is 5.21. The molecule has 2 aromatic rings. The Balaban J connectivity index is 2.28. The first-order chi connectivity index (χ1) is 9.95. The van der Waals surface area contributed by atoms with Crippen LogP contribution in [-0.2, 0) is 5.41 Å². The molecule has 0 N–H and O–H groups in total. The van der Waals surface area contributed by atoms with E-state index >= 15 is 0 Å². The van der Waals surface area contributed by atoms with Crippen molar-refractivity contribution in [3.63, 3.8) is 0 Å². The number of rotatable bonds is 4. The lowest BCUT2D eigenvalue weighted by atomic mass is 9.85. The SMILES string of the molecule is COc1ccc(C(CCl)c2ccc(C(C)(C)C)cc2)cc1. The van der Waals surface area contributed by atoms with Crippen LogP contribution in [0.15, 0.2) is 48.5 Å². The van der Waals surface area contributed by atoms with E-state index in [1.54, 1.807) is 7.11 Å². The highest BCUT2D eigenvalue weighted by Gasteiger charge is 2.16. The summed E-state index contributed by atoms with van der Waals surface area (Å²) in [6, 6.07) is 16.9. The molecule has 0 saturated heterocycles. The van der Waals surface area contributed by atoms with Gasteiger partial charge in [0, 0.05) is 11.8 Å². The Kier molecular flexibility index (Phi) is 4.95. The number of alkyl halides is 1. The Bertz CT molecular complexity index is 564. The zero-order valence-corrected chi connectivity index (χ0v) is 13.9. The molecule has 0 heterocycles. The molecule has 1 nitrogen and oxygen atoms in total. The third-order valence-electron chi connectivity index (χ3n) is 3.85. The lowest BCUT2D eigenvalue weighted by Gasteiger charge is -2.21. The molecule has 0 aliphatic carbocycles. The van der Waals surface area contributed by atoms with Gasteiger partial charge in [0.1, 0.15) is 5.75 Å². The molecule has 0 fully saturated rings. The second-order valence-corrected chi connectivity index (χ2v) is 6.66. The summed E-state index contributed by atoms with van der Waals surface area (Å²) in [4.78, 5) is 0. The van der Waals surface area contributed by atoms with Crippen LogP contribution in [0.3, 0.4) is 0 Å². The molecule has 0 saturated carbocycles. The molecule has 1 unspecified atom stereocenters. The van der Waals surface area contributed by atoms with Crippen molar-refractivity contribution < 1.29 is 4.74 Å². The van der Waals surface area contributed by atoms with Gasteiger partial charge in [0.05, 0.1) is 7.11 Å². The largest absolute Gasteiger partial charge is 0.497 e. The first-order valence-corrected chi connectivity index (χ1v) is 7.79. The summed E-state index contributed by atoms with van der Waals surface area (Å²) in [6.45, 7) is 6.68. The molecule has 0 bridgehead atoms. The van der Waals surface area contributed by atoms with Gasteiger partial charge >= 0.3 is 0 Å². The van der Waals surface area contributed by atoms with Gasteiger partial charge in [0.25, 0.3) is 0 Å². The Hall–Kier alpha value is -1.47. The van der Waals surface area contributed by atoms with Crippen molar-refractivity contribution in [2.75, 3.05) is 13.0 Å². The lowest BCUT2D eigenvalue weighted by molar-refractivity contribution is 0.414. The lowest BCUT2D eigenvalue weighted by Crippen LogP contribution is -2.11. The summed E-state index contributed by atoms with van der Waals surface area (Å²) in [5, 5.41) is 0. The number of benzene rings is 2. The van der Waals surface area contributed by atoms with Crippen LogP contribution in [0.4, 0.5) is 0 Å². The third-order valence-corrected chi connectivity index (χ3v) is 4.16. The molecule has 0 spiro atoms. The van der Waals surface area contributed by atoms with Crippen molar-refractivity contribution in [1.82, 2.24) is 0 Å². The molecule has 0 amide bonds. The Morgan fingerprint density at radius 1 is 0.905 bits per heavy atom. The fraction of sp³-hybridized carbons (Fsp3) is 0.368.